The monoisotopic (exact) mass is 270 g/mol. The van der Waals surface area contributed by atoms with Crippen molar-refractivity contribution in [2.75, 3.05) is 0 Å². The lowest BCUT2D eigenvalue weighted by atomic mass is 9.88. The summed E-state index contributed by atoms with van der Waals surface area (Å²) in [7, 11) is 0. The minimum absolute atomic E-state index is 1.02. The first kappa shape index (κ1) is 12.4. The summed E-state index contributed by atoms with van der Waals surface area (Å²) in [4.78, 5) is 0. The van der Waals surface area contributed by atoms with Crippen molar-refractivity contribution < 1.29 is 0 Å². The van der Waals surface area contributed by atoms with Gasteiger partial charge < -0.3 is 0 Å². The van der Waals surface area contributed by atoms with Crippen LogP contribution in [0.2, 0.25) is 0 Å². The first-order chi connectivity index (χ1) is 10.2. The number of allylic oxidation sites excluding steroid dienone is 6. The van der Waals surface area contributed by atoms with Gasteiger partial charge in [0.15, 0.2) is 0 Å². The predicted octanol–water partition coefficient (Wildman–Crippen LogP) is 5.75. The number of fused-ring (bicyclic) bond motifs is 1. The fraction of sp³-hybridized carbons (Fsp3) is 0.143. The van der Waals surface area contributed by atoms with Gasteiger partial charge in [-0.15, -0.1) is 0 Å². The van der Waals surface area contributed by atoms with Crippen molar-refractivity contribution in [3.8, 4) is 0 Å². The van der Waals surface area contributed by atoms with Crippen LogP contribution in [-0.2, 0) is 0 Å². The van der Waals surface area contributed by atoms with Crippen LogP contribution in [0, 0.1) is 13.8 Å². The van der Waals surface area contributed by atoms with Gasteiger partial charge in [0.1, 0.15) is 0 Å². The van der Waals surface area contributed by atoms with Crippen LogP contribution in [-0.4, -0.2) is 0 Å². The van der Waals surface area contributed by atoms with Crippen molar-refractivity contribution in [1.82, 2.24) is 0 Å². The topological polar surface area (TPSA) is 0 Å². The molecule has 0 bridgehead atoms. The molecule has 2 aliphatic rings. The second-order valence-electron chi connectivity index (χ2n) is 5.94. The average Bonchev–Trinajstić information content (AvgIpc) is 2.90. The van der Waals surface area contributed by atoms with Crippen LogP contribution in [0.25, 0.3) is 22.4 Å². The first-order valence-electron chi connectivity index (χ1n) is 7.48. The zero-order valence-corrected chi connectivity index (χ0v) is 12.5. The quantitative estimate of drug-likeness (QED) is 0.618. The third-order valence-electron chi connectivity index (χ3n) is 4.79. The van der Waals surface area contributed by atoms with Gasteiger partial charge in [0.2, 0.25) is 0 Å². The molecule has 0 spiro atoms. The highest BCUT2D eigenvalue weighted by atomic mass is 14.3. The highest BCUT2D eigenvalue weighted by molar-refractivity contribution is 6.05. The fourth-order valence-electron chi connectivity index (χ4n) is 3.65. The minimum Gasteiger partial charge on any atom is -0.0984 e. The van der Waals surface area contributed by atoms with E-state index in [-0.39, 0.29) is 0 Å². The number of hydrogen-bond donors (Lipinski definition) is 0. The summed E-state index contributed by atoms with van der Waals surface area (Å²) in [5.74, 6) is 0. The molecule has 0 heteroatoms. The minimum atomic E-state index is 1.02. The lowest BCUT2D eigenvalue weighted by Crippen LogP contribution is -1.95. The van der Waals surface area contributed by atoms with E-state index in [0.717, 1.165) is 6.42 Å². The largest absolute Gasteiger partial charge is 0.0984 e. The standard InChI is InChI=1S/C21H18/c1-4-15-12-17-8-5-7-16-11-13(2)14(3)20(21(16)17)19-10-6-9-18(15)19/h4-9,11-12H,1,10H2,2-3H3. The highest BCUT2D eigenvalue weighted by Crippen LogP contribution is 2.43. The number of benzene rings is 2. The summed E-state index contributed by atoms with van der Waals surface area (Å²) in [6.07, 6.45) is 9.81. The average molecular weight is 270 g/mol. The van der Waals surface area contributed by atoms with E-state index in [9.17, 15) is 0 Å². The molecule has 2 aromatic carbocycles. The maximum absolute atomic E-state index is 4.02. The first-order valence-corrected chi connectivity index (χ1v) is 7.48. The molecule has 2 aliphatic carbocycles. The molecule has 0 saturated heterocycles. The highest BCUT2D eigenvalue weighted by Gasteiger charge is 2.22. The van der Waals surface area contributed by atoms with Gasteiger partial charge in [0.25, 0.3) is 0 Å². The molecule has 0 heterocycles. The molecule has 21 heavy (non-hydrogen) atoms. The zero-order chi connectivity index (χ0) is 14.6. The molecule has 0 radical (unpaired) electrons. The second-order valence-corrected chi connectivity index (χ2v) is 5.94. The SMILES string of the molecule is C=CC1=Cc2cccc3cc(C)c(C)c(c23)C2=C1C=CC2. The molecule has 0 N–H and O–H groups in total. The molecule has 4 rings (SSSR count). The lowest BCUT2D eigenvalue weighted by Gasteiger charge is -2.16. The molecule has 0 nitrogen and oxygen atoms in total. The van der Waals surface area contributed by atoms with Crippen LogP contribution in [0.4, 0.5) is 0 Å². The van der Waals surface area contributed by atoms with Crippen LogP contribution in [0.1, 0.15) is 28.7 Å². The Morgan fingerprint density at radius 2 is 2.05 bits per heavy atom. The molecule has 0 aromatic heterocycles. The van der Waals surface area contributed by atoms with Crippen molar-refractivity contribution in [1.29, 1.82) is 0 Å². The van der Waals surface area contributed by atoms with E-state index in [2.05, 4.69) is 62.9 Å². The van der Waals surface area contributed by atoms with Crippen molar-refractivity contribution >= 4 is 22.4 Å². The number of hydrogen-bond acceptors (Lipinski definition) is 0. The van der Waals surface area contributed by atoms with Gasteiger partial charge in [-0.05, 0) is 76.1 Å². The zero-order valence-electron chi connectivity index (χ0n) is 12.5. The lowest BCUT2D eigenvalue weighted by molar-refractivity contribution is 1.31. The fourth-order valence-corrected chi connectivity index (χ4v) is 3.65. The summed E-state index contributed by atoms with van der Waals surface area (Å²) >= 11 is 0. The van der Waals surface area contributed by atoms with Gasteiger partial charge in [-0.25, -0.2) is 0 Å². The van der Waals surface area contributed by atoms with Crippen LogP contribution >= 0.6 is 0 Å². The van der Waals surface area contributed by atoms with Crippen LogP contribution in [0.3, 0.4) is 0 Å². The van der Waals surface area contributed by atoms with Gasteiger partial charge in [-0.3, -0.25) is 0 Å². The second kappa shape index (κ2) is 4.33. The molecule has 102 valence electrons. The Kier molecular flexibility index (Phi) is 2.56. The Morgan fingerprint density at radius 3 is 2.86 bits per heavy atom. The van der Waals surface area contributed by atoms with Gasteiger partial charge in [-0.1, -0.05) is 49.1 Å². The Hall–Kier alpha value is -2.34. The number of aryl methyl sites for hydroxylation is 1. The van der Waals surface area contributed by atoms with Crippen molar-refractivity contribution in [3.05, 3.63) is 82.5 Å². The molecule has 0 saturated carbocycles. The van der Waals surface area contributed by atoms with Gasteiger partial charge in [0, 0.05) is 0 Å². The third-order valence-corrected chi connectivity index (χ3v) is 4.79. The molecule has 0 aliphatic heterocycles. The molecular weight excluding hydrogens is 252 g/mol. The smallest absolute Gasteiger partial charge is 0.00327 e. The maximum Gasteiger partial charge on any atom is -0.00327 e. The van der Waals surface area contributed by atoms with Crippen molar-refractivity contribution in [2.24, 2.45) is 0 Å². The van der Waals surface area contributed by atoms with Crippen molar-refractivity contribution in [3.63, 3.8) is 0 Å². The molecule has 0 unspecified atom stereocenters. The molecule has 2 aromatic rings. The summed E-state index contributed by atoms with van der Waals surface area (Å²) in [6.45, 7) is 8.49. The van der Waals surface area contributed by atoms with E-state index < -0.39 is 0 Å². The van der Waals surface area contributed by atoms with E-state index in [0.29, 0.717) is 0 Å². The Labute approximate surface area is 125 Å². The van der Waals surface area contributed by atoms with E-state index in [4.69, 9.17) is 0 Å². The molecule has 0 amide bonds. The molecule has 0 fully saturated rings. The van der Waals surface area contributed by atoms with Gasteiger partial charge in [0.05, 0.1) is 0 Å². The summed E-state index contributed by atoms with van der Waals surface area (Å²) < 4.78 is 0. The molecule has 0 atom stereocenters. The Balaban J connectivity index is 2.25. The Bertz CT molecular complexity index is 886. The summed E-state index contributed by atoms with van der Waals surface area (Å²) in [6, 6.07) is 8.91. The van der Waals surface area contributed by atoms with Crippen LogP contribution in [0.5, 0.6) is 0 Å². The third kappa shape index (κ3) is 1.62. The van der Waals surface area contributed by atoms with E-state index in [1.54, 1.807) is 0 Å². The van der Waals surface area contributed by atoms with Crippen LogP contribution < -0.4 is 0 Å². The summed E-state index contributed by atoms with van der Waals surface area (Å²) in [5.41, 5.74) is 9.56. The Morgan fingerprint density at radius 1 is 1.19 bits per heavy atom. The molecular formula is C21H18. The normalized spacial score (nSPS) is 16.0. The number of rotatable bonds is 1. The summed E-state index contributed by atoms with van der Waals surface area (Å²) in [5, 5.41) is 2.74. The van der Waals surface area contributed by atoms with Crippen LogP contribution in [0.15, 0.2) is 60.2 Å². The van der Waals surface area contributed by atoms with E-state index in [1.165, 1.54) is 49.7 Å². The van der Waals surface area contributed by atoms with Crippen molar-refractivity contribution in [2.45, 2.75) is 20.3 Å². The maximum atomic E-state index is 4.02. The van der Waals surface area contributed by atoms with Gasteiger partial charge >= 0.3 is 0 Å². The van der Waals surface area contributed by atoms with E-state index in [1.807, 2.05) is 6.08 Å². The van der Waals surface area contributed by atoms with Gasteiger partial charge in [-0.2, -0.15) is 0 Å². The predicted molar refractivity (Wildman–Crippen MR) is 92.3 cm³/mol. The van der Waals surface area contributed by atoms with E-state index >= 15 is 0 Å².